The van der Waals surface area contributed by atoms with Gasteiger partial charge in [-0.2, -0.15) is 0 Å². The smallest absolute Gasteiger partial charge is 0.241 e. The second-order valence-electron chi connectivity index (χ2n) is 4.51. The van der Waals surface area contributed by atoms with Gasteiger partial charge < -0.3 is 16.2 Å². The van der Waals surface area contributed by atoms with Crippen molar-refractivity contribution < 1.29 is 9.90 Å². The van der Waals surface area contributed by atoms with Gasteiger partial charge >= 0.3 is 0 Å². The molecule has 0 aliphatic carbocycles. The SMILES string of the molecule is CC(C)C[C@H](N)C(=O)Nc1cc(Cl)c(O)c(Cl)c1. The summed E-state index contributed by atoms with van der Waals surface area (Å²) >= 11 is 11.5. The fraction of sp³-hybridized carbons (Fsp3) is 0.417. The minimum Gasteiger partial charge on any atom is -0.505 e. The summed E-state index contributed by atoms with van der Waals surface area (Å²) in [5.74, 6) is -0.179. The lowest BCUT2D eigenvalue weighted by Crippen LogP contribution is -2.36. The standard InChI is InChI=1S/C12H16Cl2N2O2/c1-6(2)3-10(15)12(18)16-7-4-8(13)11(17)9(14)5-7/h4-6,10,17H,3,15H2,1-2H3,(H,16,18)/t10-/m0/s1. The number of phenolic OH excluding ortho intramolecular Hbond substituents is 1. The molecule has 0 spiro atoms. The number of phenols is 1. The number of nitrogens with one attached hydrogen (secondary N) is 1. The topological polar surface area (TPSA) is 75.4 Å². The average molecular weight is 291 g/mol. The summed E-state index contributed by atoms with van der Waals surface area (Å²) in [5, 5.41) is 12.2. The number of hydrogen-bond donors (Lipinski definition) is 3. The number of benzene rings is 1. The summed E-state index contributed by atoms with van der Waals surface area (Å²) in [7, 11) is 0. The predicted octanol–water partition coefficient (Wildman–Crippen LogP) is 3.01. The van der Waals surface area contributed by atoms with Crippen LogP contribution in [0.25, 0.3) is 0 Å². The van der Waals surface area contributed by atoms with Gasteiger partial charge in [-0.05, 0) is 24.5 Å². The quantitative estimate of drug-likeness (QED) is 0.746. The van der Waals surface area contributed by atoms with Gasteiger partial charge in [-0.25, -0.2) is 0 Å². The van der Waals surface area contributed by atoms with Crippen LogP contribution >= 0.6 is 23.2 Å². The zero-order valence-electron chi connectivity index (χ0n) is 10.2. The Labute approximate surface area is 116 Å². The van der Waals surface area contributed by atoms with E-state index in [-0.39, 0.29) is 21.7 Å². The van der Waals surface area contributed by atoms with Gasteiger partial charge in [0.1, 0.15) is 0 Å². The van der Waals surface area contributed by atoms with Crippen LogP contribution in [0, 0.1) is 5.92 Å². The van der Waals surface area contributed by atoms with Crippen LogP contribution in [0.2, 0.25) is 10.0 Å². The van der Waals surface area contributed by atoms with Crippen LogP contribution < -0.4 is 11.1 Å². The highest BCUT2D eigenvalue weighted by Crippen LogP contribution is 2.34. The number of aromatic hydroxyl groups is 1. The van der Waals surface area contributed by atoms with Crippen molar-refractivity contribution in [2.75, 3.05) is 5.32 Å². The molecule has 0 unspecified atom stereocenters. The van der Waals surface area contributed by atoms with E-state index < -0.39 is 6.04 Å². The van der Waals surface area contributed by atoms with E-state index in [4.69, 9.17) is 28.9 Å². The Balaban J connectivity index is 2.76. The number of amides is 1. The Morgan fingerprint density at radius 1 is 1.39 bits per heavy atom. The molecular formula is C12H16Cl2N2O2. The van der Waals surface area contributed by atoms with E-state index in [1.165, 1.54) is 12.1 Å². The van der Waals surface area contributed by atoms with Crippen molar-refractivity contribution in [3.8, 4) is 5.75 Å². The van der Waals surface area contributed by atoms with E-state index in [2.05, 4.69) is 5.32 Å². The Bertz CT molecular complexity index is 427. The van der Waals surface area contributed by atoms with Gasteiger partial charge in [-0.3, -0.25) is 4.79 Å². The molecule has 4 nitrogen and oxygen atoms in total. The number of hydrogen-bond acceptors (Lipinski definition) is 3. The molecule has 100 valence electrons. The van der Waals surface area contributed by atoms with Crippen molar-refractivity contribution in [2.24, 2.45) is 11.7 Å². The number of carbonyl (C=O) groups excluding carboxylic acids is 1. The molecule has 0 saturated heterocycles. The highest BCUT2D eigenvalue weighted by Gasteiger charge is 2.16. The normalized spacial score (nSPS) is 12.6. The van der Waals surface area contributed by atoms with Gasteiger partial charge in [-0.15, -0.1) is 0 Å². The average Bonchev–Trinajstić information content (AvgIpc) is 2.24. The Hall–Kier alpha value is -0.970. The van der Waals surface area contributed by atoms with Gasteiger partial charge in [-0.1, -0.05) is 37.0 Å². The van der Waals surface area contributed by atoms with E-state index >= 15 is 0 Å². The van der Waals surface area contributed by atoms with E-state index in [0.29, 0.717) is 18.0 Å². The van der Waals surface area contributed by atoms with Gasteiger partial charge in [0, 0.05) is 5.69 Å². The molecule has 4 N–H and O–H groups in total. The second kappa shape index (κ2) is 6.27. The van der Waals surface area contributed by atoms with E-state index in [9.17, 15) is 9.90 Å². The van der Waals surface area contributed by atoms with Crippen molar-refractivity contribution >= 4 is 34.8 Å². The predicted molar refractivity (Wildman–Crippen MR) is 74.2 cm³/mol. The molecule has 6 heteroatoms. The van der Waals surface area contributed by atoms with Crippen LogP contribution in [-0.4, -0.2) is 17.1 Å². The van der Waals surface area contributed by atoms with Gasteiger partial charge in [0.25, 0.3) is 0 Å². The first kappa shape index (κ1) is 15.1. The zero-order valence-corrected chi connectivity index (χ0v) is 11.7. The third-order valence-electron chi connectivity index (χ3n) is 2.35. The maximum atomic E-state index is 11.8. The summed E-state index contributed by atoms with van der Waals surface area (Å²) in [4.78, 5) is 11.8. The highest BCUT2D eigenvalue weighted by molar-refractivity contribution is 6.37. The third kappa shape index (κ3) is 4.05. The Kier molecular flexibility index (Phi) is 5.26. The first-order valence-corrected chi connectivity index (χ1v) is 6.31. The number of carbonyl (C=O) groups is 1. The molecule has 1 aromatic carbocycles. The number of rotatable bonds is 4. The Morgan fingerprint density at radius 2 is 1.89 bits per heavy atom. The highest BCUT2D eigenvalue weighted by atomic mass is 35.5. The fourth-order valence-corrected chi connectivity index (χ4v) is 1.97. The summed E-state index contributed by atoms with van der Waals surface area (Å²) in [6, 6.07) is 2.25. The molecule has 18 heavy (non-hydrogen) atoms. The van der Waals surface area contributed by atoms with Crippen molar-refractivity contribution in [3.05, 3.63) is 22.2 Å². The van der Waals surface area contributed by atoms with Crippen LogP contribution in [0.3, 0.4) is 0 Å². The molecule has 0 aliphatic heterocycles. The molecule has 1 aromatic rings. The molecule has 0 fully saturated rings. The van der Waals surface area contributed by atoms with Crippen molar-refractivity contribution in [1.29, 1.82) is 0 Å². The van der Waals surface area contributed by atoms with Gasteiger partial charge in [0.2, 0.25) is 5.91 Å². The molecule has 0 aliphatic rings. The van der Waals surface area contributed by atoms with E-state index in [0.717, 1.165) is 0 Å². The van der Waals surface area contributed by atoms with Gasteiger partial charge in [0.05, 0.1) is 16.1 Å². The molecular weight excluding hydrogens is 275 g/mol. The van der Waals surface area contributed by atoms with Crippen LogP contribution in [0.1, 0.15) is 20.3 Å². The minimum atomic E-state index is -0.587. The van der Waals surface area contributed by atoms with Crippen LogP contribution in [0.4, 0.5) is 5.69 Å². The fourth-order valence-electron chi connectivity index (χ4n) is 1.49. The van der Waals surface area contributed by atoms with Crippen LogP contribution in [0.5, 0.6) is 5.75 Å². The van der Waals surface area contributed by atoms with Crippen molar-refractivity contribution in [1.82, 2.24) is 0 Å². The first-order chi connectivity index (χ1) is 8.31. The number of anilines is 1. The molecule has 1 rings (SSSR count). The second-order valence-corrected chi connectivity index (χ2v) is 5.33. The summed E-state index contributed by atoms with van der Waals surface area (Å²) < 4.78 is 0. The third-order valence-corrected chi connectivity index (χ3v) is 2.92. The number of halogens is 2. The summed E-state index contributed by atoms with van der Waals surface area (Å²) in [5.41, 5.74) is 6.15. The molecule has 0 saturated carbocycles. The molecule has 0 bridgehead atoms. The van der Waals surface area contributed by atoms with Crippen molar-refractivity contribution in [2.45, 2.75) is 26.3 Å². The number of nitrogens with two attached hydrogens (primary N) is 1. The molecule has 1 atom stereocenters. The summed E-state index contributed by atoms with van der Waals surface area (Å²) in [6.07, 6.45) is 0.589. The minimum absolute atomic E-state index is 0.0789. The lowest BCUT2D eigenvalue weighted by atomic mass is 10.0. The van der Waals surface area contributed by atoms with Crippen LogP contribution in [0.15, 0.2) is 12.1 Å². The first-order valence-electron chi connectivity index (χ1n) is 5.55. The van der Waals surface area contributed by atoms with Gasteiger partial charge in [0.15, 0.2) is 5.75 Å². The zero-order chi connectivity index (χ0) is 13.9. The monoisotopic (exact) mass is 290 g/mol. The molecule has 0 heterocycles. The molecule has 0 aromatic heterocycles. The maximum Gasteiger partial charge on any atom is 0.241 e. The summed E-state index contributed by atoms with van der Waals surface area (Å²) in [6.45, 7) is 3.98. The largest absolute Gasteiger partial charge is 0.505 e. The van der Waals surface area contributed by atoms with Crippen LogP contribution in [-0.2, 0) is 4.79 Å². The maximum absolute atomic E-state index is 11.8. The Morgan fingerprint density at radius 3 is 2.33 bits per heavy atom. The lowest BCUT2D eigenvalue weighted by Gasteiger charge is -2.14. The van der Waals surface area contributed by atoms with E-state index in [1.807, 2.05) is 13.8 Å². The lowest BCUT2D eigenvalue weighted by molar-refractivity contribution is -0.117. The molecule has 1 amide bonds. The van der Waals surface area contributed by atoms with Crippen molar-refractivity contribution in [3.63, 3.8) is 0 Å². The van der Waals surface area contributed by atoms with E-state index in [1.54, 1.807) is 0 Å². The molecule has 0 radical (unpaired) electrons.